The summed E-state index contributed by atoms with van der Waals surface area (Å²) in [5.41, 5.74) is 2.29. The van der Waals surface area contributed by atoms with Crippen molar-refractivity contribution in [1.82, 2.24) is 9.80 Å². The van der Waals surface area contributed by atoms with Crippen LogP contribution in [0.1, 0.15) is 30.9 Å². The molecule has 2 fully saturated rings. The van der Waals surface area contributed by atoms with Gasteiger partial charge in [-0.15, -0.1) is 0 Å². The van der Waals surface area contributed by atoms with E-state index in [-0.39, 0.29) is 5.91 Å². The van der Waals surface area contributed by atoms with Gasteiger partial charge >= 0.3 is 0 Å². The first-order valence-corrected chi connectivity index (χ1v) is 8.31. The number of nitrogens with zero attached hydrogens (tertiary/aromatic N) is 2. The number of carbonyl (C=O) groups is 1. The predicted molar refractivity (Wildman–Crippen MR) is 87.2 cm³/mol. The second-order valence-corrected chi connectivity index (χ2v) is 6.65. The van der Waals surface area contributed by atoms with E-state index < -0.39 is 6.10 Å². The molecule has 1 aromatic carbocycles. The molecule has 2 aliphatic heterocycles. The van der Waals surface area contributed by atoms with Crippen molar-refractivity contribution in [1.29, 1.82) is 0 Å². The van der Waals surface area contributed by atoms with E-state index in [4.69, 9.17) is 4.74 Å². The van der Waals surface area contributed by atoms with Crippen LogP contribution < -0.4 is 4.74 Å². The minimum atomic E-state index is -0.422. The number of aryl methyl sites for hydroxylation is 2. The lowest BCUT2D eigenvalue weighted by Gasteiger charge is -2.38. The molecule has 3 rings (SSSR count). The van der Waals surface area contributed by atoms with E-state index in [1.807, 2.05) is 30.9 Å². The van der Waals surface area contributed by atoms with Gasteiger partial charge in [-0.1, -0.05) is 17.7 Å². The Balaban J connectivity index is 1.62. The van der Waals surface area contributed by atoms with Crippen LogP contribution in [-0.4, -0.2) is 54.0 Å². The molecule has 2 heterocycles. The number of fused-ring (bicyclic) bond motifs is 1. The van der Waals surface area contributed by atoms with Crippen molar-refractivity contribution >= 4 is 5.91 Å². The largest absolute Gasteiger partial charge is 0.481 e. The van der Waals surface area contributed by atoms with E-state index in [0.29, 0.717) is 6.04 Å². The van der Waals surface area contributed by atoms with Crippen molar-refractivity contribution in [2.45, 2.75) is 45.8 Å². The highest BCUT2D eigenvalue weighted by Crippen LogP contribution is 2.23. The van der Waals surface area contributed by atoms with E-state index in [0.717, 1.165) is 30.9 Å². The number of benzene rings is 1. The summed E-state index contributed by atoms with van der Waals surface area (Å²) in [7, 11) is 0. The lowest BCUT2D eigenvalue weighted by molar-refractivity contribution is -0.140. The van der Waals surface area contributed by atoms with Crippen LogP contribution in [0.3, 0.4) is 0 Å². The molecule has 2 saturated heterocycles. The molecule has 0 N–H and O–H groups in total. The van der Waals surface area contributed by atoms with Gasteiger partial charge in [-0.05, 0) is 51.8 Å². The molecule has 0 aromatic heterocycles. The maximum Gasteiger partial charge on any atom is 0.263 e. The van der Waals surface area contributed by atoms with E-state index in [9.17, 15) is 4.79 Å². The van der Waals surface area contributed by atoms with E-state index in [2.05, 4.69) is 17.9 Å². The molecule has 0 saturated carbocycles. The third-order valence-electron chi connectivity index (χ3n) is 4.88. The van der Waals surface area contributed by atoms with E-state index in [1.165, 1.54) is 24.9 Å². The molecule has 0 spiro atoms. The van der Waals surface area contributed by atoms with E-state index in [1.54, 1.807) is 0 Å². The SMILES string of the molecule is Cc1ccc(OC(C)C(=O)N2CCN3CCCC3C2)c(C)c1. The molecule has 0 bridgehead atoms. The van der Waals surface area contributed by atoms with Crippen LogP contribution in [-0.2, 0) is 4.79 Å². The first-order valence-electron chi connectivity index (χ1n) is 8.31. The zero-order valence-electron chi connectivity index (χ0n) is 13.8. The zero-order valence-corrected chi connectivity index (χ0v) is 13.8. The topological polar surface area (TPSA) is 32.8 Å². The Morgan fingerprint density at radius 3 is 2.86 bits per heavy atom. The highest BCUT2D eigenvalue weighted by atomic mass is 16.5. The van der Waals surface area contributed by atoms with Crippen LogP contribution in [0.15, 0.2) is 18.2 Å². The summed E-state index contributed by atoms with van der Waals surface area (Å²) in [6, 6.07) is 6.63. The minimum Gasteiger partial charge on any atom is -0.481 e. The van der Waals surface area contributed by atoms with Gasteiger partial charge in [-0.2, -0.15) is 0 Å². The highest BCUT2D eigenvalue weighted by molar-refractivity contribution is 5.81. The highest BCUT2D eigenvalue weighted by Gasteiger charge is 2.34. The first-order chi connectivity index (χ1) is 10.5. The van der Waals surface area contributed by atoms with Crippen molar-refractivity contribution in [3.05, 3.63) is 29.3 Å². The van der Waals surface area contributed by atoms with Gasteiger partial charge in [0.2, 0.25) is 0 Å². The molecule has 4 nitrogen and oxygen atoms in total. The van der Waals surface area contributed by atoms with Gasteiger partial charge in [0.1, 0.15) is 5.75 Å². The van der Waals surface area contributed by atoms with Crippen molar-refractivity contribution in [3.63, 3.8) is 0 Å². The van der Waals surface area contributed by atoms with Gasteiger partial charge in [0.05, 0.1) is 0 Å². The van der Waals surface area contributed by atoms with Gasteiger partial charge in [0.15, 0.2) is 6.10 Å². The zero-order chi connectivity index (χ0) is 15.7. The second kappa shape index (κ2) is 6.29. The fourth-order valence-electron chi connectivity index (χ4n) is 3.62. The number of amides is 1. The lowest BCUT2D eigenvalue weighted by Crippen LogP contribution is -2.54. The fourth-order valence-corrected chi connectivity index (χ4v) is 3.62. The Bertz CT molecular complexity index is 558. The Morgan fingerprint density at radius 2 is 2.09 bits per heavy atom. The molecule has 120 valence electrons. The molecule has 4 heteroatoms. The third kappa shape index (κ3) is 3.12. The molecule has 2 atom stereocenters. The Kier molecular flexibility index (Phi) is 4.39. The van der Waals surface area contributed by atoms with Gasteiger partial charge in [-0.25, -0.2) is 0 Å². The van der Waals surface area contributed by atoms with Gasteiger partial charge in [0, 0.05) is 25.7 Å². The van der Waals surface area contributed by atoms with Crippen LogP contribution in [0, 0.1) is 13.8 Å². The quantitative estimate of drug-likeness (QED) is 0.859. The summed E-state index contributed by atoms with van der Waals surface area (Å²) in [5.74, 6) is 0.928. The molecular weight excluding hydrogens is 276 g/mol. The number of hydrogen-bond donors (Lipinski definition) is 0. The number of ether oxygens (including phenoxy) is 1. The summed E-state index contributed by atoms with van der Waals surface area (Å²) in [4.78, 5) is 17.2. The number of carbonyl (C=O) groups excluding carboxylic acids is 1. The third-order valence-corrected chi connectivity index (χ3v) is 4.88. The van der Waals surface area contributed by atoms with Crippen LogP contribution in [0.5, 0.6) is 5.75 Å². The van der Waals surface area contributed by atoms with Crippen LogP contribution in [0.2, 0.25) is 0 Å². The molecule has 1 amide bonds. The number of hydrogen-bond acceptors (Lipinski definition) is 3. The molecule has 2 unspecified atom stereocenters. The van der Waals surface area contributed by atoms with E-state index >= 15 is 0 Å². The Hall–Kier alpha value is -1.55. The summed E-state index contributed by atoms with van der Waals surface area (Å²) in [6.45, 7) is 9.84. The first kappa shape index (κ1) is 15.3. The monoisotopic (exact) mass is 302 g/mol. The van der Waals surface area contributed by atoms with Crippen molar-refractivity contribution in [3.8, 4) is 5.75 Å². The van der Waals surface area contributed by atoms with Crippen molar-refractivity contribution in [2.24, 2.45) is 0 Å². The van der Waals surface area contributed by atoms with Crippen LogP contribution in [0.25, 0.3) is 0 Å². The average Bonchev–Trinajstić information content (AvgIpc) is 2.96. The molecule has 0 radical (unpaired) electrons. The number of piperazine rings is 1. The van der Waals surface area contributed by atoms with Gasteiger partial charge < -0.3 is 9.64 Å². The lowest BCUT2D eigenvalue weighted by atomic mass is 10.1. The maximum absolute atomic E-state index is 12.7. The maximum atomic E-state index is 12.7. The second-order valence-electron chi connectivity index (χ2n) is 6.65. The normalized spacial score (nSPS) is 23.2. The van der Waals surface area contributed by atoms with Crippen LogP contribution in [0.4, 0.5) is 0 Å². The Morgan fingerprint density at radius 1 is 1.27 bits per heavy atom. The van der Waals surface area contributed by atoms with Crippen molar-refractivity contribution in [2.75, 3.05) is 26.2 Å². The summed E-state index contributed by atoms with van der Waals surface area (Å²) in [6.07, 6.45) is 2.06. The van der Waals surface area contributed by atoms with Crippen LogP contribution >= 0.6 is 0 Å². The van der Waals surface area contributed by atoms with Gasteiger partial charge in [-0.3, -0.25) is 9.69 Å². The summed E-state index contributed by atoms with van der Waals surface area (Å²) >= 11 is 0. The predicted octanol–water partition coefficient (Wildman–Crippen LogP) is 2.38. The molecule has 1 aromatic rings. The standard InChI is InChI=1S/C18H26N2O2/c1-13-6-7-17(14(2)11-13)22-15(3)18(21)20-10-9-19-8-4-5-16(19)12-20/h6-7,11,15-16H,4-5,8-10,12H2,1-3H3. The Labute approximate surface area is 133 Å². The van der Waals surface area contributed by atoms with Gasteiger partial charge in [0.25, 0.3) is 5.91 Å². The fraction of sp³-hybridized carbons (Fsp3) is 0.611. The summed E-state index contributed by atoms with van der Waals surface area (Å²) in [5, 5.41) is 0. The summed E-state index contributed by atoms with van der Waals surface area (Å²) < 4.78 is 5.92. The molecule has 2 aliphatic rings. The molecule has 22 heavy (non-hydrogen) atoms. The van der Waals surface area contributed by atoms with Crippen molar-refractivity contribution < 1.29 is 9.53 Å². The minimum absolute atomic E-state index is 0.117. The number of rotatable bonds is 3. The molecular formula is C18H26N2O2. The average molecular weight is 302 g/mol. The molecule has 0 aliphatic carbocycles. The smallest absolute Gasteiger partial charge is 0.263 e.